The molecule has 5 nitrogen and oxygen atoms in total. The van der Waals surface area contributed by atoms with Gasteiger partial charge in [-0.05, 0) is 23.8 Å². The zero-order valence-corrected chi connectivity index (χ0v) is 12.1. The number of aromatic nitrogens is 1. The number of nitrogens with two attached hydrogens (primary N) is 1. The molecule has 0 unspecified atom stereocenters. The van der Waals surface area contributed by atoms with Gasteiger partial charge in [0.15, 0.2) is 0 Å². The highest BCUT2D eigenvalue weighted by Gasteiger charge is 2.14. The van der Waals surface area contributed by atoms with Crippen molar-refractivity contribution in [3.05, 3.63) is 59.9 Å². The highest BCUT2D eigenvalue weighted by molar-refractivity contribution is 7.89. The van der Waals surface area contributed by atoms with Crippen molar-refractivity contribution in [2.45, 2.75) is 11.4 Å². The van der Waals surface area contributed by atoms with Gasteiger partial charge in [-0.3, -0.25) is 4.98 Å². The molecule has 7 heteroatoms. The Kier molecular flexibility index (Phi) is 4.43. The summed E-state index contributed by atoms with van der Waals surface area (Å²) in [4.78, 5) is 4.22. The smallest absolute Gasteiger partial charge is 0.240 e. The number of nitrogens with one attached hydrogen (secondary N) is 1. The highest BCUT2D eigenvalue weighted by atomic mass is 32.2. The minimum atomic E-state index is -3.61. The molecule has 20 heavy (non-hydrogen) atoms. The molecule has 0 saturated heterocycles. The monoisotopic (exact) mass is 307 g/mol. The SMILES string of the molecule is NC(=S)c1cccc(S(=O)(=O)NCc2cccnc2)c1. The van der Waals surface area contributed by atoms with Crippen molar-refractivity contribution >= 4 is 27.2 Å². The van der Waals surface area contributed by atoms with Crippen LogP contribution in [-0.4, -0.2) is 18.4 Å². The molecule has 0 saturated carbocycles. The van der Waals surface area contributed by atoms with E-state index in [9.17, 15) is 8.42 Å². The maximum atomic E-state index is 12.2. The first-order chi connectivity index (χ1) is 9.49. The molecule has 1 heterocycles. The summed E-state index contributed by atoms with van der Waals surface area (Å²) < 4.78 is 26.8. The molecule has 104 valence electrons. The van der Waals surface area contributed by atoms with Crippen LogP contribution in [0.1, 0.15) is 11.1 Å². The van der Waals surface area contributed by atoms with Gasteiger partial charge in [-0.15, -0.1) is 0 Å². The Morgan fingerprint density at radius 1 is 1.30 bits per heavy atom. The molecule has 3 N–H and O–H groups in total. The largest absolute Gasteiger partial charge is 0.389 e. The molecule has 0 amide bonds. The molecule has 0 radical (unpaired) electrons. The first-order valence-corrected chi connectivity index (χ1v) is 7.66. The van der Waals surface area contributed by atoms with Crippen LogP contribution in [0.4, 0.5) is 0 Å². The molecular weight excluding hydrogens is 294 g/mol. The van der Waals surface area contributed by atoms with Crippen molar-refractivity contribution in [3.63, 3.8) is 0 Å². The molecule has 0 atom stereocenters. The van der Waals surface area contributed by atoms with Gasteiger partial charge in [-0.1, -0.05) is 30.4 Å². The van der Waals surface area contributed by atoms with Crippen LogP contribution >= 0.6 is 12.2 Å². The third-order valence-electron chi connectivity index (χ3n) is 2.62. The Hall–Kier alpha value is -1.83. The van der Waals surface area contributed by atoms with E-state index in [2.05, 4.69) is 9.71 Å². The van der Waals surface area contributed by atoms with Crippen LogP contribution in [0.5, 0.6) is 0 Å². The molecule has 0 spiro atoms. The van der Waals surface area contributed by atoms with Crippen molar-refractivity contribution in [2.24, 2.45) is 5.73 Å². The number of rotatable bonds is 5. The molecule has 0 bridgehead atoms. The average molecular weight is 307 g/mol. The first-order valence-electron chi connectivity index (χ1n) is 5.77. The fourth-order valence-corrected chi connectivity index (χ4v) is 2.77. The van der Waals surface area contributed by atoms with Crippen molar-refractivity contribution in [2.75, 3.05) is 0 Å². The number of thiocarbonyl (C=S) groups is 1. The average Bonchev–Trinajstić information content (AvgIpc) is 2.46. The summed E-state index contributed by atoms with van der Waals surface area (Å²) in [7, 11) is -3.61. The van der Waals surface area contributed by atoms with E-state index in [1.54, 1.807) is 36.7 Å². The van der Waals surface area contributed by atoms with E-state index >= 15 is 0 Å². The van der Waals surface area contributed by atoms with E-state index < -0.39 is 10.0 Å². The van der Waals surface area contributed by atoms with Crippen LogP contribution < -0.4 is 10.5 Å². The third-order valence-corrected chi connectivity index (χ3v) is 4.25. The Morgan fingerprint density at radius 2 is 2.10 bits per heavy atom. The maximum Gasteiger partial charge on any atom is 0.240 e. The summed E-state index contributed by atoms with van der Waals surface area (Å²) in [6.45, 7) is 0.174. The van der Waals surface area contributed by atoms with Gasteiger partial charge in [0.25, 0.3) is 0 Å². The van der Waals surface area contributed by atoms with Gasteiger partial charge >= 0.3 is 0 Å². The lowest BCUT2D eigenvalue weighted by Gasteiger charge is -2.08. The maximum absolute atomic E-state index is 12.2. The minimum Gasteiger partial charge on any atom is -0.389 e. The Morgan fingerprint density at radius 3 is 2.75 bits per heavy atom. The second-order valence-electron chi connectivity index (χ2n) is 4.08. The van der Waals surface area contributed by atoms with E-state index in [1.165, 1.54) is 12.1 Å². The molecule has 0 aliphatic heterocycles. The summed E-state index contributed by atoms with van der Waals surface area (Å²) in [5.41, 5.74) is 6.80. The number of hydrogen-bond donors (Lipinski definition) is 2. The minimum absolute atomic E-state index is 0.131. The molecule has 1 aromatic carbocycles. The van der Waals surface area contributed by atoms with E-state index in [1.807, 2.05) is 0 Å². The van der Waals surface area contributed by atoms with Crippen molar-refractivity contribution in [1.82, 2.24) is 9.71 Å². The standard InChI is InChI=1S/C13H13N3O2S2/c14-13(19)11-4-1-5-12(7-11)20(17,18)16-9-10-3-2-6-15-8-10/h1-8,16H,9H2,(H2,14,19). The lowest BCUT2D eigenvalue weighted by Crippen LogP contribution is -2.23. The van der Waals surface area contributed by atoms with Gasteiger partial charge in [-0.25, -0.2) is 13.1 Å². The van der Waals surface area contributed by atoms with E-state index in [4.69, 9.17) is 18.0 Å². The van der Waals surface area contributed by atoms with Gasteiger partial charge in [0, 0.05) is 24.5 Å². The predicted molar refractivity (Wildman–Crippen MR) is 80.6 cm³/mol. The first kappa shape index (κ1) is 14.6. The Labute approximate surface area is 122 Å². The zero-order valence-electron chi connectivity index (χ0n) is 10.5. The van der Waals surface area contributed by atoms with Crippen molar-refractivity contribution in [3.8, 4) is 0 Å². The molecule has 0 fully saturated rings. The van der Waals surface area contributed by atoms with Crippen LogP contribution in [0.2, 0.25) is 0 Å². The van der Waals surface area contributed by atoms with Crippen LogP contribution in [0, 0.1) is 0 Å². The fraction of sp³-hybridized carbons (Fsp3) is 0.0769. The summed E-state index contributed by atoms with van der Waals surface area (Å²) in [6, 6.07) is 9.76. The topological polar surface area (TPSA) is 85.1 Å². The predicted octanol–water partition coefficient (Wildman–Crippen LogP) is 1.19. The van der Waals surface area contributed by atoms with Crippen molar-refractivity contribution in [1.29, 1.82) is 0 Å². The molecule has 2 rings (SSSR count). The van der Waals surface area contributed by atoms with Crippen LogP contribution in [0.25, 0.3) is 0 Å². The molecule has 0 aliphatic carbocycles. The summed E-state index contributed by atoms with van der Waals surface area (Å²) in [5, 5.41) is 0. The van der Waals surface area contributed by atoms with E-state index in [0.717, 1.165) is 5.56 Å². The summed E-state index contributed by atoms with van der Waals surface area (Å²) >= 11 is 4.84. The molecular formula is C13H13N3O2S2. The normalized spacial score (nSPS) is 11.2. The zero-order chi connectivity index (χ0) is 14.6. The van der Waals surface area contributed by atoms with E-state index in [0.29, 0.717) is 5.56 Å². The van der Waals surface area contributed by atoms with Gasteiger partial charge in [0.2, 0.25) is 10.0 Å². The lowest BCUT2D eigenvalue weighted by atomic mass is 10.2. The number of benzene rings is 1. The molecule has 0 aliphatic rings. The summed E-state index contributed by atoms with van der Waals surface area (Å²) in [5.74, 6) is 0. The molecule has 2 aromatic rings. The second kappa shape index (κ2) is 6.08. The van der Waals surface area contributed by atoms with Gasteiger partial charge < -0.3 is 5.73 Å². The third kappa shape index (κ3) is 3.60. The Bertz CT molecular complexity index is 715. The Balaban J connectivity index is 2.18. The van der Waals surface area contributed by atoms with Crippen molar-refractivity contribution < 1.29 is 8.42 Å². The molecule has 1 aromatic heterocycles. The number of sulfonamides is 1. The number of pyridine rings is 1. The summed E-state index contributed by atoms with van der Waals surface area (Å²) in [6.07, 6.45) is 3.23. The second-order valence-corrected chi connectivity index (χ2v) is 6.28. The van der Waals surface area contributed by atoms with Crippen LogP contribution in [0.15, 0.2) is 53.7 Å². The van der Waals surface area contributed by atoms with E-state index in [-0.39, 0.29) is 16.4 Å². The van der Waals surface area contributed by atoms with Crippen LogP contribution in [-0.2, 0) is 16.6 Å². The van der Waals surface area contributed by atoms with Gasteiger partial charge in [-0.2, -0.15) is 0 Å². The van der Waals surface area contributed by atoms with Gasteiger partial charge in [0.05, 0.1) is 4.90 Å². The lowest BCUT2D eigenvalue weighted by molar-refractivity contribution is 0.581. The number of hydrogen-bond acceptors (Lipinski definition) is 4. The quantitative estimate of drug-likeness (QED) is 0.811. The highest BCUT2D eigenvalue weighted by Crippen LogP contribution is 2.12. The van der Waals surface area contributed by atoms with Crippen LogP contribution in [0.3, 0.4) is 0 Å². The van der Waals surface area contributed by atoms with Gasteiger partial charge in [0.1, 0.15) is 4.99 Å². The fourth-order valence-electron chi connectivity index (χ4n) is 1.58. The number of nitrogens with zero attached hydrogens (tertiary/aromatic N) is 1.